The van der Waals surface area contributed by atoms with Crippen molar-refractivity contribution in [2.45, 2.75) is 20.0 Å². The average Bonchev–Trinajstić information content (AvgIpc) is 3.39. The summed E-state index contributed by atoms with van der Waals surface area (Å²) in [6.07, 6.45) is 5.08. The first kappa shape index (κ1) is 18.8. The third-order valence-electron chi connectivity index (χ3n) is 5.77. The monoisotopic (exact) mass is 408 g/mol. The Kier molecular flexibility index (Phi) is 4.41. The number of nitriles is 1. The van der Waals surface area contributed by atoms with Gasteiger partial charge in [-0.2, -0.15) is 10.4 Å². The van der Waals surface area contributed by atoms with E-state index in [-0.39, 0.29) is 5.91 Å². The highest BCUT2D eigenvalue weighted by molar-refractivity contribution is 6.00. The Morgan fingerprint density at radius 2 is 2.19 bits per heavy atom. The van der Waals surface area contributed by atoms with E-state index in [1.165, 1.54) is 6.08 Å². The van der Waals surface area contributed by atoms with E-state index < -0.39 is 0 Å². The number of carbonyl (C=O) groups excluding carboxylic acids is 1. The SMILES string of the molecule is C=CC(=O)N1CCn2nc(-c3cccc(C#N)c3)c(-c3ccnc4[nH]cc(C)c34)c2C1. The Labute approximate surface area is 179 Å². The molecule has 31 heavy (non-hydrogen) atoms. The molecule has 0 saturated heterocycles. The van der Waals surface area contributed by atoms with E-state index in [1.54, 1.807) is 17.2 Å². The van der Waals surface area contributed by atoms with Gasteiger partial charge in [-0.25, -0.2) is 4.98 Å². The number of aromatic amines is 1. The van der Waals surface area contributed by atoms with Gasteiger partial charge in [-0.3, -0.25) is 9.48 Å². The van der Waals surface area contributed by atoms with Crippen LogP contribution in [0.3, 0.4) is 0 Å². The number of amides is 1. The van der Waals surface area contributed by atoms with Crippen molar-refractivity contribution in [2.75, 3.05) is 6.54 Å². The average molecular weight is 408 g/mol. The van der Waals surface area contributed by atoms with Crippen molar-refractivity contribution in [2.24, 2.45) is 0 Å². The summed E-state index contributed by atoms with van der Waals surface area (Å²) in [7, 11) is 0. The van der Waals surface area contributed by atoms with Crippen LogP contribution in [-0.4, -0.2) is 37.1 Å². The van der Waals surface area contributed by atoms with E-state index in [1.807, 2.05) is 42.1 Å². The summed E-state index contributed by atoms with van der Waals surface area (Å²) in [6, 6.07) is 11.7. The second kappa shape index (κ2) is 7.26. The number of rotatable bonds is 3. The van der Waals surface area contributed by atoms with E-state index in [4.69, 9.17) is 5.10 Å². The van der Waals surface area contributed by atoms with Gasteiger partial charge in [0.25, 0.3) is 0 Å². The van der Waals surface area contributed by atoms with Gasteiger partial charge in [-0.05, 0) is 42.3 Å². The van der Waals surface area contributed by atoms with Crippen LogP contribution in [0.2, 0.25) is 0 Å². The minimum Gasteiger partial charge on any atom is -0.346 e. The minimum atomic E-state index is -0.0934. The molecule has 0 spiro atoms. The van der Waals surface area contributed by atoms with Crippen molar-refractivity contribution in [3.8, 4) is 28.5 Å². The zero-order valence-corrected chi connectivity index (χ0v) is 17.1. The smallest absolute Gasteiger partial charge is 0.246 e. The molecule has 7 nitrogen and oxygen atoms in total. The number of hydrogen-bond acceptors (Lipinski definition) is 4. The first-order valence-corrected chi connectivity index (χ1v) is 10.1. The summed E-state index contributed by atoms with van der Waals surface area (Å²) in [4.78, 5) is 21.8. The first-order valence-electron chi connectivity index (χ1n) is 10.1. The lowest BCUT2D eigenvalue weighted by molar-refractivity contribution is -0.127. The van der Waals surface area contributed by atoms with Crippen LogP contribution in [0, 0.1) is 18.3 Å². The van der Waals surface area contributed by atoms with Crippen molar-refractivity contribution in [1.29, 1.82) is 5.26 Å². The van der Waals surface area contributed by atoms with E-state index in [2.05, 4.69) is 22.6 Å². The van der Waals surface area contributed by atoms with Crippen molar-refractivity contribution in [3.63, 3.8) is 0 Å². The van der Waals surface area contributed by atoms with Crippen LogP contribution in [0.5, 0.6) is 0 Å². The van der Waals surface area contributed by atoms with Crippen molar-refractivity contribution >= 4 is 16.9 Å². The molecule has 0 fully saturated rings. The van der Waals surface area contributed by atoms with E-state index >= 15 is 0 Å². The summed E-state index contributed by atoms with van der Waals surface area (Å²) in [5.41, 5.74) is 7.08. The lowest BCUT2D eigenvalue weighted by Crippen LogP contribution is -2.37. The zero-order chi connectivity index (χ0) is 21.5. The van der Waals surface area contributed by atoms with Crippen LogP contribution in [-0.2, 0) is 17.9 Å². The number of aromatic nitrogens is 4. The first-order chi connectivity index (χ1) is 15.1. The third-order valence-corrected chi connectivity index (χ3v) is 5.77. The Bertz CT molecular complexity index is 1390. The second-order valence-electron chi connectivity index (χ2n) is 7.60. The van der Waals surface area contributed by atoms with E-state index in [0.717, 1.165) is 44.7 Å². The van der Waals surface area contributed by atoms with Gasteiger partial charge in [-0.1, -0.05) is 18.7 Å². The fourth-order valence-corrected chi connectivity index (χ4v) is 4.28. The van der Waals surface area contributed by atoms with Gasteiger partial charge in [0.15, 0.2) is 0 Å². The Hall–Kier alpha value is -4.18. The number of H-pyrrole nitrogens is 1. The molecule has 4 heterocycles. The van der Waals surface area contributed by atoms with Gasteiger partial charge in [-0.15, -0.1) is 0 Å². The standard InChI is InChI=1S/C24H20N6O/c1-3-20(31)29-9-10-30-19(14-29)22(18-7-8-26-24-21(18)15(2)13-27-24)23(28-30)17-6-4-5-16(11-17)12-25/h3-8,11,13H,1,9-10,14H2,2H3,(H,26,27). The van der Waals surface area contributed by atoms with Crippen molar-refractivity contribution in [1.82, 2.24) is 24.6 Å². The number of benzene rings is 1. The summed E-state index contributed by atoms with van der Waals surface area (Å²) in [6.45, 7) is 7.29. The molecule has 0 saturated carbocycles. The number of fused-ring (bicyclic) bond motifs is 2. The molecule has 152 valence electrons. The van der Waals surface area contributed by atoms with Gasteiger partial charge in [0, 0.05) is 35.5 Å². The van der Waals surface area contributed by atoms with Crippen molar-refractivity contribution < 1.29 is 4.79 Å². The molecule has 1 N–H and O–H groups in total. The normalized spacial score (nSPS) is 13.1. The lowest BCUT2D eigenvalue weighted by atomic mass is 9.95. The maximum absolute atomic E-state index is 12.3. The summed E-state index contributed by atoms with van der Waals surface area (Å²) in [5.74, 6) is -0.0934. The molecule has 1 amide bonds. The number of hydrogen-bond donors (Lipinski definition) is 1. The molecule has 1 aliphatic heterocycles. The molecule has 5 rings (SSSR count). The fourth-order valence-electron chi connectivity index (χ4n) is 4.28. The molecule has 1 aromatic carbocycles. The highest BCUT2D eigenvalue weighted by Crippen LogP contribution is 2.40. The van der Waals surface area contributed by atoms with Gasteiger partial charge in [0.2, 0.25) is 5.91 Å². The molecule has 0 aliphatic carbocycles. The molecule has 7 heteroatoms. The van der Waals surface area contributed by atoms with Gasteiger partial charge >= 0.3 is 0 Å². The number of nitrogens with one attached hydrogen (secondary N) is 1. The van der Waals surface area contributed by atoms with Gasteiger partial charge < -0.3 is 9.88 Å². The molecule has 0 unspecified atom stereocenters. The Morgan fingerprint density at radius 1 is 1.32 bits per heavy atom. The van der Waals surface area contributed by atoms with E-state index in [0.29, 0.717) is 25.2 Å². The van der Waals surface area contributed by atoms with E-state index in [9.17, 15) is 10.1 Å². The largest absolute Gasteiger partial charge is 0.346 e. The molecule has 4 aromatic rings. The number of carbonyl (C=O) groups is 1. The maximum Gasteiger partial charge on any atom is 0.246 e. The molecule has 0 bridgehead atoms. The number of pyridine rings is 1. The summed E-state index contributed by atoms with van der Waals surface area (Å²) in [5, 5.41) is 15.3. The highest BCUT2D eigenvalue weighted by Gasteiger charge is 2.28. The molecule has 1 aliphatic rings. The van der Waals surface area contributed by atoms with Crippen LogP contribution >= 0.6 is 0 Å². The predicted molar refractivity (Wildman–Crippen MR) is 118 cm³/mol. The fraction of sp³-hybridized carbons (Fsp3) is 0.167. The predicted octanol–water partition coefficient (Wildman–Crippen LogP) is 3.80. The zero-order valence-electron chi connectivity index (χ0n) is 17.1. The second-order valence-corrected chi connectivity index (χ2v) is 7.60. The Balaban J connectivity index is 1.80. The van der Waals surface area contributed by atoms with Gasteiger partial charge in [0.1, 0.15) is 11.3 Å². The molecular formula is C24H20N6O. The quantitative estimate of drug-likeness (QED) is 0.522. The topological polar surface area (TPSA) is 90.6 Å². The van der Waals surface area contributed by atoms with Crippen LogP contribution in [0.1, 0.15) is 16.8 Å². The van der Waals surface area contributed by atoms with Crippen LogP contribution in [0.4, 0.5) is 0 Å². The lowest BCUT2D eigenvalue weighted by Gasteiger charge is -2.27. The van der Waals surface area contributed by atoms with Gasteiger partial charge in [0.05, 0.1) is 30.4 Å². The molecule has 0 radical (unpaired) electrons. The molecule has 3 aromatic heterocycles. The maximum atomic E-state index is 12.3. The molecule has 0 atom stereocenters. The van der Waals surface area contributed by atoms with Crippen LogP contribution in [0.25, 0.3) is 33.4 Å². The summed E-state index contributed by atoms with van der Waals surface area (Å²) < 4.78 is 1.98. The van der Waals surface area contributed by atoms with Crippen LogP contribution < -0.4 is 0 Å². The third kappa shape index (κ3) is 3.01. The summed E-state index contributed by atoms with van der Waals surface area (Å²) >= 11 is 0. The highest BCUT2D eigenvalue weighted by atomic mass is 16.2. The number of nitrogens with zero attached hydrogens (tertiary/aromatic N) is 5. The Morgan fingerprint density at radius 3 is 3.00 bits per heavy atom. The minimum absolute atomic E-state index is 0.0934. The number of aryl methyl sites for hydroxylation is 1. The molecular weight excluding hydrogens is 388 g/mol. The van der Waals surface area contributed by atoms with Crippen LogP contribution in [0.15, 0.2) is 55.4 Å². The van der Waals surface area contributed by atoms with Crippen molar-refractivity contribution in [3.05, 3.63) is 72.2 Å².